The van der Waals surface area contributed by atoms with E-state index in [1.54, 1.807) is 0 Å². The van der Waals surface area contributed by atoms with Crippen molar-refractivity contribution in [1.29, 1.82) is 0 Å². The Morgan fingerprint density at radius 2 is 0.613 bits per heavy atom. The summed E-state index contributed by atoms with van der Waals surface area (Å²) >= 11 is 0. The van der Waals surface area contributed by atoms with Gasteiger partial charge in [0, 0.05) is 27.1 Å². The van der Waals surface area contributed by atoms with E-state index in [0.29, 0.717) is 18.6 Å². The number of hydrogen-bond donors (Lipinski definition) is 2. The molecule has 3 heteroatoms. The van der Waals surface area contributed by atoms with Gasteiger partial charge in [-0.3, -0.25) is 4.79 Å². The average Bonchev–Trinajstić information content (AvgIpc) is 2.84. The molecule has 0 aromatic heterocycles. The minimum Gasteiger partial charge on any atom is -0.400 e. The van der Waals surface area contributed by atoms with Crippen molar-refractivity contribution in [3.8, 4) is 0 Å². The van der Waals surface area contributed by atoms with E-state index in [0.717, 1.165) is 14.2 Å². The molecule has 2 aromatic carbocycles. The Morgan fingerprint density at radius 3 is 0.645 bits per heavy atom. The van der Waals surface area contributed by atoms with Crippen LogP contribution in [0.4, 0.5) is 0 Å². The van der Waals surface area contributed by atoms with Gasteiger partial charge in [0.1, 0.15) is 5.78 Å². The Morgan fingerprint density at radius 1 is 0.484 bits per heavy atom. The molecule has 3 nitrogen and oxygen atoms in total. The van der Waals surface area contributed by atoms with Crippen molar-refractivity contribution in [3.63, 3.8) is 0 Å². The number of ketones is 1. The van der Waals surface area contributed by atoms with Crippen LogP contribution in [0.3, 0.4) is 0 Å². The van der Waals surface area contributed by atoms with Crippen LogP contribution < -0.4 is 0 Å². The number of benzene rings is 2. The van der Waals surface area contributed by atoms with E-state index in [4.69, 9.17) is 10.2 Å². The zero-order valence-electron chi connectivity index (χ0n) is 20.3. The zero-order valence-corrected chi connectivity index (χ0v) is 20.3. The fourth-order valence-corrected chi connectivity index (χ4v) is 1.02. The van der Waals surface area contributed by atoms with E-state index in [-0.39, 0.29) is 14.9 Å². The smallest absolute Gasteiger partial charge is 0.132 e. The highest BCUT2D eigenvalue weighted by Crippen LogP contribution is 1.83. The quantitative estimate of drug-likeness (QED) is 0.503. The summed E-state index contributed by atoms with van der Waals surface area (Å²) in [6.45, 7) is 12.4. The van der Waals surface area contributed by atoms with E-state index in [1.807, 2.05) is 86.6 Å². The van der Waals surface area contributed by atoms with Gasteiger partial charge in [-0.15, -0.1) is 0 Å². The number of aliphatic hydroxyl groups is 2. The van der Waals surface area contributed by atoms with E-state index in [1.165, 1.54) is 19.3 Å². The van der Waals surface area contributed by atoms with E-state index in [2.05, 4.69) is 27.7 Å². The number of rotatable bonds is 3. The van der Waals surface area contributed by atoms with Gasteiger partial charge in [-0.2, -0.15) is 0 Å². The van der Waals surface area contributed by atoms with Crippen molar-refractivity contribution >= 4 is 5.78 Å². The Bertz CT molecular complexity index is 324. The molecule has 2 aromatic rings. The molecule has 0 saturated carbocycles. The monoisotopic (exact) mass is 440 g/mol. The first-order chi connectivity index (χ1) is 14.1. The molecule has 0 amide bonds. The summed E-state index contributed by atoms with van der Waals surface area (Å²) in [6.07, 6.45) is 5.27. The van der Waals surface area contributed by atoms with Gasteiger partial charge in [0.05, 0.1) is 0 Å². The second kappa shape index (κ2) is 63.0. The highest BCUT2D eigenvalue weighted by Gasteiger charge is 1.86. The lowest BCUT2D eigenvalue weighted by molar-refractivity contribution is -0.118. The predicted molar refractivity (Wildman–Crippen MR) is 145 cm³/mol. The SMILES string of the molecule is C.C.CCC.CCC(=O)CC.CCCC.CO.CO.c1ccccc1.c1ccccc1. The van der Waals surface area contributed by atoms with Gasteiger partial charge in [-0.05, 0) is 0 Å². The molecule has 0 aliphatic rings. The molecule has 0 fully saturated rings. The first-order valence-electron chi connectivity index (χ1n) is 10.5. The maximum atomic E-state index is 10.2. The summed E-state index contributed by atoms with van der Waals surface area (Å²) in [5.74, 6) is 0.343. The van der Waals surface area contributed by atoms with Crippen LogP contribution in [0.1, 0.15) is 88.5 Å². The summed E-state index contributed by atoms with van der Waals surface area (Å²) in [4.78, 5) is 10.2. The first-order valence-corrected chi connectivity index (χ1v) is 10.5. The van der Waals surface area contributed by atoms with Crippen molar-refractivity contribution < 1.29 is 15.0 Å². The lowest BCUT2D eigenvalue weighted by atomic mass is 10.3. The number of aliphatic hydroxyl groups excluding tert-OH is 2. The summed E-state index contributed by atoms with van der Waals surface area (Å²) in [5.41, 5.74) is 0. The van der Waals surface area contributed by atoms with Gasteiger partial charge in [0.2, 0.25) is 0 Å². The molecule has 2 N–H and O–H groups in total. The average molecular weight is 441 g/mol. The highest BCUT2D eigenvalue weighted by molar-refractivity contribution is 5.77. The molecule has 0 bridgehead atoms. The fourth-order valence-electron chi connectivity index (χ4n) is 1.02. The molecule has 0 aliphatic heterocycles. The minimum absolute atomic E-state index is 0. The van der Waals surface area contributed by atoms with Crippen LogP contribution in [0.2, 0.25) is 0 Å². The van der Waals surface area contributed by atoms with Crippen LogP contribution >= 0.6 is 0 Å². The van der Waals surface area contributed by atoms with Crippen molar-refractivity contribution in [2.75, 3.05) is 14.2 Å². The van der Waals surface area contributed by atoms with E-state index < -0.39 is 0 Å². The molecular formula is C28H56O3. The molecule has 186 valence electrons. The number of carbonyl (C=O) groups is 1. The van der Waals surface area contributed by atoms with Gasteiger partial charge in [-0.25, -0.2) is 0 Å². The van der Waals surface area contributed by atoms with Crippen LogP contribution in [0.25, 0.3) is 0 Å². The van der Waals surface area contributed by atoms with Crippen LogP contribution in [0.5, 0.6) is 0 Å². The summed E-state index contributed by atoms with van der Waals surface area (Å²) in [5, 5.41) is 14.0. The fraction of sp³-hybridized carbons (Fsp3) is 0.536. The van der Waals surface area contributed by atoms with Crippen LogP contribution in [0.15, 0.2) is 72.8 Å². The molecule has 0 atom stereocenters. The van der Waals surface area contributed by atoms with Gasteiger partial charge >= 0.3 is 0 Å². The van der Waals surface area contributed by atoms with Gasteiger partial charge in [0.15, 0.2) is 0 Å². The second-order valence-corrected chi connectivity index (χ2v) is 5.26. The van der Waals surface area contributed by atoms with Gasteiger partial charge < -0.3 is 10.2 Å². The molecular weight excluding hydrogens is 384 g/mol. The molecule has 0 radical (unpaired) electrons. The Kier molecular flexibility index (Phi) is 95.5. The number of carbonyl (C=O) groups excluding carboxylic acids is 1. The van der Waals surface area contributed by atoms with E-state index >= 15 is 0 Å². The maximum absolute atomic E-state index is 10.2. The largest absolute Gasteiger partial charge is 0.400 e. The van der Waals surface area contributed by atoms with Crippen LogP contribution in [-0.4, -0.2) is 30.2 Å². The third-order valence-electron chi connectivity index (χ3n) is 2.62. The Hall–Kier alpha value is -1.97. The lowest BCUT2D eigenvalue weighted by Gasteiger charge is -1.81. The zero-order chi connectivity index (χ0) is 23.6. The summed E-state index contributed by atoms with van der Waals surface area (Å²) < 4.78 is 0. The summed E-state index contributed by atoms with van der Waals surface area (Å²) in [7, 11) is 2.00. The molecule has 0 heterocycles. The Labute approximate surface area is 196 Å². The van der Waals surface area contributed by atoms with Crippen molar-refractivity contribution in [2.24, 2.45) is 0 Å². The third kappa shape index (κ3) is 84.1. The number of Topliss-reactive ketones (excluding diaryl/α,β-unsaturated/α-hetero) is 1. The molecule has 0 spiro atoms. The topological polar surface area (TPSA) is 57.5 Å². The number of unbranched alkanes of at least 4 members (excludes halogenated alkanes) is 1. The van der Waals surface area contributed by atoms with Gasteiger partial charge in [-0.1, -0.05) is 148 Å². The first kappa shape index (κ1) is 47.0. The van der Waals surface area contributed by atoms with Gasteiger partial charge in [0.25, 0.3) is 0 Å². The lowest BCUT2D eigenvalue weighted by Crippen LogP contribution is -1.88. The molecule has 0 saturated heterocycles. The third-order valence-corrected chi connectivity index (χ3v) is 2.62. The highest BCUT2D eigenvalue weighted by atomic mass is 16.2. The van der Waals surface area contributed by atoms with Crippen molar-refractivity contribution in [2.45, 2.75) is 88.5 Å². The molecule has 31 heavy (non-hydrogen) atoms. The van der Waals surface area contributed by atoms with Crippen molar-refractivity contribution in [3.05, 3.63) is 72.8 Å². The molecule has 0 unspecified atom stereocenters. The van der Waals surface area contributed by atoms with Crippen LogP contribution in [0, 0.1) is 0 Å². The number of hydrogen-bond acceptors (Lipinski definition) is 3. The standard InChI is InChI=1S/2C6H6.C5H10O.C4H10.C3H8.2CH4O.2CH4/c2*1-2-4-6-5-3-1;1-3-5(6)4-2;1-3-4-2;1-3-2;2*1-2;;/h2*1-6H;3-4H2,1-2H3;3-4H2,1-2H3;3H2,1-2H3;2*2H,1H3;2*1H4. The van der Waals surface area contributed by atoms with E-state index in [9.17, 15) is 4.79 Å². The second-order valence-electron chi connectivity index (χ2n) is 5.26. The minimum atomic E-state index is 0. The Balaban J connectivity index is -0.0000000447. The molecule has 2 rings (SSSR count). The van der Waals surface area contributed by atoms with Crippen LogP contribution in [-0.2, 0) is 4.79 Å². The normalized spacial score (nSPS) is 6.65. The summed E-state index contributed by atoms with van der Waals surface area (Å²) in [6, 6.07) is 24.0. The predicted octanol–water partition coefficient (Wildman–Crippen LogP) is 8.46. The molecule has 0 aliphatic carbocycles. The van der Waals surface area contributed by atoms with Crippen molar-refractivity contribution in [1.82, 2.24) is 0 Å². The maximum Gasteiger partial charge on any atom is 0.132 e.